The number of hydrogen-bond acceptors (Lipinski definition) is 5. The number of rotatable bonds is 9. The largest absolute Gasteiger partial charge is 0.481 e. The maximum absolute atomic E-state index is 12.3. The van der Waals surface area contributed by atoms with Gasteiger partial charge in [0.2, 0.25) is 5.91 Å². The lowest BCUT2D eigenvalue weighted by atomic mass is 10.00. The van der Waals surface area contributed by atoms with E-state index in [1.54, 1.807) is 12.1 Å². The van der Waals surface area contributed by atoms with Gasteiger partial charge in [-0.25, -0.2) is 0 Å². The third-order valence-electron chi connectivity index (χ3n) is 4.22. The molecule has 0 bridgehead atoms. The topological polar surface area (TPSA) is 138 Å². The molecule has 0 fully saturated rings. The Bertz CT molecular complexity index is 728. The van der Waals surface area contributed by atoms with Crippen molar-refractivity contribution in [3.63, 3.8) is 0 Å². The van der Waals surface area contributed by atoms with Crippen molar-refractivity contribution in [1.82, 2.24) is 5.32 Å². The molecule has 0 saturated carbocycles. The fourth-order valence-electron chi connectivity index (χ4n) is 3.02. The van der Waals surface area contributed by atoms with Crippen LogP contribution in [0, 0.1) is 11.3 Å². The van der Waals surface area contributed by atoms with E-state index in [-0.39, 0.29) is 36.6 Å². The highest BCUT2D eigenvalue weighted by atomic mass is 16.6. The van der Waals surface area contributed by atoms with E-state index in [9.17, 15) is 9.59 Å². The average Bonchev–Trinajstić information content (AvgIpc) is 3.01. The van der Waals surface area contributed by atoms with Crippen molar-refractivity contribution in [3.05, 3.63) is 35.4 Å². The number of nitrogens with one attached hydrogen (secondary N) is 2. The Hall–Kier alpha value is -2.90. The van der Waals surface area contributed by atoms with E-state index < -0.39 is 12.0 Å². The van der Waals surface area contributed by atoms with E-state index in [1.807, 2.05) is 26.0 Å². The molecule has 2 unspecified atom stereocenters. The molecule has 1 amide bonds. The number of oxime groups is 1. The van der Waals surface area contributed by atoms with E-state index in [2.05, 4.69) is 10.5 Å². The molecule has 8 heteroatoms. The molecule has 0 saturated heterocycles. The summed E-state index contributed by atoms with van der Waals surface area (Å²) in [4.78, 5) is 28.6. The number of hydrogen-bond donors (Lipinski definition) is 4. The van der Waals surface area contributed by atoms with Crippen LogP contribution < -0.4 is 11.1 Å². The summed E-state index contributed by atoms with van der Waals surface area (Å²) in [5.41, 5.74) is 7.65. The lowest BCUT2D eigenvalue weighted by Gasteiger charge is -2.19. The van der Waals surface area contributed by atoms with Gasteiger partial charge < -0.3 is 21.0 Å². The number of nitrogens with zero attached hydrogens (tertiary/aromatic N) is 1. The maximum Gasteiger partial charge on any atom is 0.305 e. The fourth-order valence-corrected chi connectivity index (χ4v) is 3.02. The molecule has 8 nitrogen and oxygen atoms in total. The molecule has 0 aromatic heterocycles. The molecule has 0 radical (unpaired) electrons. The van der Waals surface area contributed by atoms with Crippen LogP contribution in [0.4, 0.5) is 0 Å². The monoisotopic (exact) mass is 374 g/mol. The third kappa shape index (κ3) is 6.40. The molecular formula is C19H26N4O4. The van der Waals surface area contributed by atoms with Crippen LogP contribution in [0.15, 0.2) is 29.4 Å². The number of carboxylic acid groups (broad SMARTS) is 1. The summed E-state index contributed by atoms with van der Waals surface area (Å²) in [6.45, 7) is 3.97. The third-order valence-corrected chi connectivity index (χ3v) is 4.22. The maximum atomic E-state index is 12.3. The molecule has 5 N–H and O–H groups in total. The number of nitrogens with two attached hydrogens (primary N) is 1. The normalized spacial score (nSPS) is 17.1. The smallest absolute Gasteiger partial charge is 0.305 e. The average molecular weight is 374 g/mol. The van der Waals surface area contributed by atoms with Crippen molar-refractivity contribution in [2.75, 3.05) is 0 Å². The predicted octanol–water partition coefficient (Wildman–Crippen LogP) is 1.86. The van der Waals surface area contributed by atoms with E-state index in [4.69, 9.17) is 21.1 Å². The molecule has 146 valence electrons. The Labute approximate surface area is 158 Å². The zero-order valence-electron chi connectivity index (χ0n) is 15.6. The van der Waals surface area contributed by atoms with Gasteiger partial charge in [0.1, 0.15) is 11.9 Å². The Morgan fingerprint density at radius 3 is 2.59 bits per heavy atom. The Balaban J connectivity index is 1.87. The number of nitrogen functional groups attached to an aromatic ring is 1. The first-order valence-electron chi connectivity index (χ1n) is 8.93. The van der Waals surface area contributed by atoms with E-state index in [1.165, 1.54) is 0 Å². The fraction of sp³-hybridized carbons (Fsp3) is 0.474. The van der Waals surface area contributed by atoms with Gasteiger partial charge in [0, 0.05) is 18.0 Å². The Morgan fingerprint density at radius 2 is 2.04 bits per heavy atom. The second-order valence-corrected chi connectivity index (χ2v) is 7.16. The summed E-state index contributed by atoms with van der Waals surface area (Å²) in [6, 6.07) is 6.71. The van der Waals surface area contributed by atoms with Gasteiger partial charge >= 0.3 is 5.97 Å². The minimum Gasteiger partial charge on any atom is -0.481 e. The van der Waals surface area contributed by atoms with Crippen molar-refractivity contribution in [1.29, 1.82) is 5.41 Å². The number of carboxylic acids is 1. The van der Waals surface area contributed by atoms with E-state index in [0.717, 1.165) is 11.3 Å². The van der Waals surface area contributed by atoms with Gasteiger partial charge in [0.05, 0.1) is 18.6 Å². The van der Waals surface area contributed by atoms with Gasteiger partial charge in [-0.2, -0.15) is 0 Å². The highest BCUT2D eigenvalue weighted by Crippen LogP contribution is 2.20. The second kappa shape index (κ2) is 9.16. The number of benzene rings is 1. The lowest BCUT2D eigenvalue weighted by molar-refractivity contribution is -0.137. The first-order valence-corrected chi connectivity index (χ1v) is 8.93. The molecular weight excluding hydrogens is 348 g/mol. The zero-order valence-corrected chi connectivity index (χ0v) is 15.6. The summed E-state index contributed by atoms with van der Waals surface area (Å²) >= 11 is 0. The highest BCUT2D eigenvalue weighted by Gasteiger charge is 2.26. The molecule has 2 atom stereocenters. The molecule has 0 aliphatic carbocycles. The summed E-state index contributed by atoms with van der Waals surface area (Å²) < 4.78 is 0. The van der Waals surface area contributed by atoms with Crippen LogP contribution in [0.1, 0.15) is 50.7 Å². The van der Waals surface area contributed by atoms with Gasteiger partial charge in [-0.15, -0.1) is 0 Å². The Morgan fingerprint density at radius 1 is 1.37 bits per heavy atom. The number of amides is 1. The Kier molecular flexibility index (Phi) is 6.92. The molecule has 1 aromatic carbocycles. The van der Waals surface area contributed by atoms with Gasteiger partial charge in [-0.05, 0) is 17.9 Å². The molecule has 1 aromatic rings. The quantitative estimate of drug-likeness (QED) is 0.386. The first-order chi connectivity index (χ1) is 12.7. The summed E-state index contributed by atoms with van der Waals surface area (Å²) in [6.07, 6.45) is 0.734. The van der Waals surface area contributed by atoms with Gasteiger partial charge in [-0.1, -0.05) is 43.3 Å². The van der Waals surface area contributed by atoms with Crippen molar-refractivity contribution in [2.24, 2.45) is 16.8 Å². The van der Waals surface area contributed by atoms with Crippen LogP contribution in [0.5, 0.6) is 0 Å². The van der Waals surface area contributed by atoms with Gasteiger partial charge in [0.15, 0.2) is 0 Å². The van der Waals surface area contributed by atoms with Crippen LogP contribution >= 0.6 is 0 Å². The van der Waals surface area contributed by atoms with E-state index in [0.29, 0.717) is 18.4 Å². The van der Waals surface area contributed by atoms with Gasteiger partial charge in [0.25, 0.3) is 0 Å². The molecule has 1 aliphatic rings. The summed E-state index contributed by atoms with van der Waals surface area (Å²) in [7, 11) is 0. The number of carbonyl (C=O) groups excluding carboxylic acids is 1. The van der Waals surface area contributed by atoms with Crippen molar-refractivity contribution >= 4 is 23.4 Å². The molecule has 27 heavy (non-hydrogen) atoms. The molecule has 1 aliphatic heterocycles. The van der Waals surface area contributed by atoms with Crippen molar-refractivity contribution in [2.45, 2.75) is 51.7 Å². The second-order valence-electron chi connectivity index (χ2n) is 7.16. The van der Waals surface area contributed by atoms with Crippen LogP contribution in [0.2, 0.25) is 0 Å². The van der Waals surface area contributed by atoms with E-state index >= 15 is 0 Å². The predicted molar refractivity (Wildman–Crippen MR) is 102 cm³/mol. The highest BCUT2D eigenvalue weighted by molar-refractivity contribution is 6.02. The molecule has 1 heterocycles. The number of carbonyl (C=O) groups is 2. The lowest BCUT2D eigenvalue weighted by Crippen LogP contribution is -2.38. The van der Waals surface area contributed by atoms with Crippen molar-refractivity contribution in [3.8, 4) is 0 Å². The number of amidine groups is 1. The van der Waals surface area contributed by atoms with Crippen LogP contribution in [0.3, 0.4) is 0 Å². The zero-order chi connectivity index (χ0) is 20.0. The number of aliphatic carboxylic acids is 1. The minimum absolute atomic E-state index is 0.00183. The van der Waals surface area contributed by atoms with Crippen LogP contribution in [-0.2, 0) is 14.4 Å². The molecule has 2 rings (SSSR count). The standard InChI is InChI=1S/C19H26N4O4/c1-11(2)7-14(8-18(25)26)22-17(24)10-15-9-16(23-27-15)12-3-5-13(6-4-12)19(20)21/h3-6,11,14-15H,7-10H2,1-2H3,(H3,20,21)(H,22,24)(H,25,26). The summed E-state index contributed by atoms with van der Waals surface area (Å²) in [5.74, 6) is -0.892. The SMILES string of the molecule is CC(C)CC(CC(=O)O)NC(=O)CC1CC(c2ccc(C(=N)N)cc2)=NO1. The first kappa shape index (κ1) is 20.4. The van der Waals surface area contributed by atoms with Crippen molar-refractivity contribution < 1.29 is 19.5 Å². The summed E-state index contributed by atoms with van der Waals surface area (Å²) in [5, 5.41) is 23.2. The van der Waals surface area contributed by atoms with Crippen LogP contribution in [0.25, 0.3) is 0 Å². The van der Waals surface area contributed by atoms with Gasteiger partial charge in [-0.3, -0.25) is 15.0 Å². The minimum atomic E-state index is -0.933. The van der Waals surface area contributed by atoms with Crippen LogP contribution in [-0.4, -0.2) is 40.7 Å². The molecule has 0 spiro atoms.